The van der Waals surface area contributed by atoms with Gasteiger partial charge in [0.2, 0.25) is 0 Å². The zero-order valence-electron chi connectivity index (χ0n) is 14.2. The summed E-state index contributed by atoms with van der Waals surface area (Å²) < 4.78 is 0. The second-order valence-electron chi connectivity index (χ2n) is 6.59. The molecule has 23 heavy (non-hydrogen) atoms. The Kier molecular flexibility index (Phi) is 5.38. The predicted molar refractivity (Wildman–Crippen MR) is 97.3 cm³/mol. The van der Waals surface area contributed by atoms with E-state index in [9.17, 15) is 0 Å². The zero-order chi connectivity index (χ0) is 16.2. The van der Waals surface area contributed by atoms with Crippen LogP contribution in [0.4, 0.5) is 5.13 Å². The second kappa shape index (κ2) is 7.49. The minimum atomic E-state index is 0.598. The molecule has 2 heterocycles. The van der Waals surface area contributed by atoms with E-state index in [0.29, 0.717) is 12.0 Å². The lowest BCUT2D eigenvalue weighted by Crippen LogP contribution is -2.51. The molecule has 1 aromatic heterocycles. The van der Waals surface area contributed by atoms with Gasteiger partial charge in [-0.15, -0.1) is 11.3 Å². The quantitative estimate of drug-likeness (QED) is 0.629. The van der Waals surface area contributed by atoms with Crippen LogP contribution in [0.15, 0.2) is 16.6 Å². The molecule has 0 aromatic carbocycles. The van der Waals surface area contributed by atoms with Gasteiger partial charge in [0.05, 0.1) is 6.54 Å². The normalized spacial score (nSPS) is 19.9. The van der Waals surface area contributed by atoms with Crippen LogP contribution in [-0.4, -0.2) is 72.1 Å². The number of hydrogen-bond acceptors (Lipinski definition) is 5. The van der Waals surface area contributed by atoms with Gasteiger partial charge in [-0.1, -0.05) is 0 Å². The molecule has 1 aromatic rings. The lowest BCUT2D eigenvalue weighted by atomic mass is 10.3. The number of nitrogens with two attached hydrogens (primary N) is 1. The Morgan fingerprint density at radius 3 is 2.70 bits per heavy atom. The van der Waals surface area contributed by atoms with Gasteiger partial charge in [0, 0.05) is 56.4 Å². The number of aliphatic imine (C=N–C) groups is 1. The third-order valence-corrected chi connectivity index (χ3v) is 5.44. The van der Waals surface area contributed by atoms with Crippen molar-refractivity contribution in [3.05, 3.63) is 11.6 Å². The number of guanidine groups is 1. The van der Waals surface area contributed by atoms with Crippen molar-refractivity contribution in [1.82, 2.24) is 14.8 Å². The van der Waals surface area contributed by atoms with Crippen LogP contribution in [0.1, 0.15) is 26.7 Å². The molecular weight excluding hydrogens is 308 g/mol. The van der Waals surface area contributed by atoms with Gasteiger partial charge in [-0.3, -0.25) is 9.89 Å². The van der Waals surface area contributed by atoms with Crippen LogP contribution < -0.4 is 10.6 Å². The van der Waals surface area contributed by atoms with Crippen LogP contribution >= 0.6 is 11.3 Å². The minimum absolute atomic E-state index is 0.598. The molecule has 0 unspecified atom stereocenters. The number of anilines is 1. The van der Waals surface area contributed by atoms with Crippen LogP contribution in [0.3, 0.4) is 0 Å². The van der Waals surface area contributed by atoms with Crippen LogP contribution in [0.5, 0.6) is 0 Å². The van der Waals surface area contributed by atoms with Gasteiger partial charge >= 0.3 is 0 Å². The molecule has 0 atom stereocenters. The van der Waals surface area contributed by atoms with E-state index in [4.69, 9.17) is 5.73 Å². The SMILES string of the molecule is CC(C)N(CCN=C(N)N1CCN(c2nccs2)CC1)C1CC1. The molecule has 0 spiro atoms. The molecule has 0 amide bonds. The highest BCUT2D eigenvalue weighted by atomic mass is 32.1. The number of thiazole rings is 1. The smallest absolute Gasteiger partial charge is 0.191 e. The Bertz CT molecular complexity index is 501. The molecule has 1 saturated heterocycles. The van der Waals surface area contributed by atoms with Gasteiger partial charge in [0.15, 0.2) is 11.1 Å². The first-order chi connectivity index (χ1) is 11.1. The van der Waals surface area contributed by atoms with Crippen molar-refractivity contribution in [3.63, 3.8) is 0 Å². The fourth-order valence-electron chi connectivity index (χ4n) is 3.15. The predicted octanol–water partition coefficient (Wildman–Crippen LogP) is 1.45. The van der Waals surface area contributed by atoms with Crippen LogP contribution in [0, 0.1) is 0 Å². The maximum atomic E-state index is 6.19. The molecule has 2 N–H and O–H groups in total. The molecule has 2 fully saturated rings. The van der Waals surface area contributed by atoms with E-state index in [2.05, 4.69) is 38.5 Å². The molecule has 2 aliphatic rings. The van der Waals surface area contributed by atoms with Crippen LogP contribution in [0.25, 0.3) is 0 Å². The molecular formula is C16H28N6S. The van der Waals surface area contributed by atoms with E-state index in [1.807, 2.05) is 11.6 Å². The van der Waals surface area contributed by atoms with Gasteiger partial charge in [-0.05, 0) is 26.7 Å². The standard InChI is InChI=1S/C16H28N6S/c1-13(2)22(14-3-4-14)7-5-18-15(17)20-8-10-21(11-9-20)16-19-6-12-23-16/h6,12-14H,3-5,7-11H2,1-2H3,(H2,17,18). The lowest BCUT2D eigenvalue weighted by molar-refractivity contribution is 0.217. The Morgan fingerprint density at radius 2 is 2.13 bits per heavy atom. The number of aromatic nitrogens is 1. The summed E-state index contributed by atoms with van der Waals surface area (Å²) in [5.41, 5.74) is 6.19. The highest BCUT2D eigenvalue weighted by Gasteiger charge is 2.30. The number of hydrogen-bond donors (Lipinski definition) is 1. The summed E-state index contributed by atoms with van der Waals surface area (Å²) in [4.78, 5) is 16.1. The summed E-state index contributed by atoms with van der Waals surface area (Å²) in [7, 11) is 0. The van der Waals surface area contributed by atoms with E-state index < -0.39 is 0 Å². The topological polar surface area (TPSA) is 61.0 Å². The Labute approximate surface area is 143 Å². The third kappa shape index (κ3) is 4.35. The van der Waals surface area contributed by atoms with Gasteiger partial charge in [-0.25, -0.2) is 4.98 Å². The Balaban J connectivity index is 1.44. The molecule has 1 aliphatic carbocycles. The first-order valence-corrected chi connectivity index (χ1v) is 9.48. The molecule has 1 saturated carbocycles. The summed E-state index contributed by atoms with van der Waals surface area (Å²) in [5.74, 6) is 0.697. The number of nitrogens with zero attached hydrogens (tertiary/aromatic N) is 5. The maximum absolute atomic E-state index is 6.19. The molecule has 0 radical (unpaired) electrons. The summed E-state index contributed by atoms with van der Waals surface area (Å²) in [5, 5.41) is 3.13. The van der Waals surface area contributed by atoms with E-state index >= 15 is 0 Å². The number of piperazine rings is 1. The third-order valence-electron chi connectivity index (χ3n) is 4.60. The maximum Gasteiger partial charge on any atom is 0.191 e. The van der Waals surface area contributed by atoms with E-state index in [1.165, 1.54) is 12.8 Å². The van der Waals surface area contributed by atoms with Crippen molar-refractivity contribution in [2.75, 3.05) is 44.2 Å². The van der Waals surface area contributed by atoms with Gasteiger partial charge < -0.3 is 15.5 Å². The Morgan fingerprint density at radius 1 is 1.39 bits per heavy atom. The summed E-state index contributed by atoms with van der Waals surface area (Å²) >= 11 is 1.70. The van der Waals surface area contributed by atoms with Crippen LogP contribution in [-0.2, 0) is 0 Å². The largest absolute Gasteiger partial charge is 0.370 e. The average Bonchev–Trinajstić information content (AvgIpc) is 3.23. The average molecular weight is 337 g/mol. The van der Waals surface area contributed by atoms with Gasteiger partial charge in [0.25, 0.3) is 0 Å². The fourth-order valence-corrected chi connectivity index (χ4v) is 3.84. The summed E-state index contributed by atoms with van der Waals surface area (Å²) in [6.07, 6.45) is 4.55. The summed E-state index contributed by atoms with van der Waals surface area (Å²) in [6.45, 7) is 10.1. The van der Waals surface area contributed by atoms with E-state index in [1.54, 1.807) is 11.3 Å². The highest BCUT2D eigenvalue weighted by Crippen LogP contribution is 2.28. The molecule has 3 rings (SSSR count). The monoisotopic (exact) mass is 336 g/mol. The molecule has 128 valence electrons. The summed E-state index contributed by atoms with van der Waals surface area (Å²) in [6, 6.07) is 1.38. The first-order valence-electron chi connectivity index (χ1n) is 8.60. The van der Waals surface area contributed by atoms with Crippen LogP contribution in [0.2, 0.25) is 0 Å². The molecule has 7 heteroatoms. The van der Waals surface area contributed by atoms with Crippen molar-refractivity contribution in [1.29, 1.82) is 0 Å². The van der Waals surface area contributed by atoms with Gasteiger partial charge in [-0.2, -0.15) is 0 Å². The first kappa shape index (κ1) is 16.5. The number of rotatable bonds is 6. The molecule has 1 aliphatic heterocycles. The Hall–Kier alpha value is -1.34. The van der Waals surface area contributed by atoms with Crippen molar-refractivity contribution in [2.24, 2.45) is 10.7 Å². The molecule has 0 bridgehead atoms. The van der Waals surface area contributed by atoms with Crippen molar-refractivity contribution in [2.45, 2.75) is 38.8 Å². The second-order valence-corrected chi connectivity index (χ2v) is 7.46. The minimum Gasteiger partial charge on any atom is -0.370 e. The highest BCUT2D eigenvalue weighted by molar-refractivity contribution is 7.13. The van der Waals surface area contributed by atoms with E-state index in [-0.39, 0.29) is 0 Å². The lowest BCUT2D eigenvalue weighted by Gasteiger charge is -2.35. The fraction of sp³-hybridized carbons (Fsp3) is 0.750. The molecule has 6 nitrogen and oxygen atoms in total. The van der Waals surface area contributed by atoms with Gasteiger partial charge in [0.1, 0.15) is 0 Å². The van der Waals surface area contributed by atoms with Crippen molar-refractivity contribution >= 4 is 22.4 Å². The van der Waals surface area contributed by atoms with Crippen molar-refractivity contribution in [3.8, 4) is 0 Å². The van der Waals surface area contributed by atoms with Crippen molar-refractivity contribution < 1.29 is 0 Å². The zero-order valence-corrected chi connectivity index (χ0v) is 15.0. The van der Waals surface area contributed by atoms with E-state index in [0.717, 1.165) is 50.4 Å².